The minimum atomic E-state index is -0.0442. The summed E-state index contributed by atoms with van der Waals surface area (Å²) in [6.45, 7) is 7.64. The minimum absolute atomic E-state index is 0.00342. The largest absolute Gasteiger partial charge is 0.494 e. The molecule has 1 aliphatic rings. The number of hydrogen-bond acceptors (Lipinski definition) is 5. The van der Waals surface area contributed by atoms with Crippen molar-refractivity contribution < 1.29 is 19.1 Å². The number of nitrogens with zero attached hydrogens (tertiary/aromatic N) is 2. The molecule has 0 bridgehead atoms. The summed E-state index contributed by atoms with van der Waals surface area (Å²) >= 11 is 0. The molecule has 1 fully saturated rings. The maximum Gasteiger partial charge on any atom is 0.260 e. The van der Waals surface area contributed by atoms with Gasteiger partial charge in [0.25, 0.3) is 5.91 Å². The van der Waals surface area contributed by atoms with Crippen LogP contribution in [0.2, 0.25) is 0 Å². The van der Waals surface area contributed by atoms with Gasteiger partial charge in [0.05, 0.1) is 13.2 Å². The molecule has 0 saturated carbocycles. The normalized spacial score (nSPS) is 14.1. The molecular weight excluding hydrogens is 406 g/mol. The minimum Gasteiger partial charge on any atom is -0.494 e. The Kier molecular flexibility index (Phi) is 8.92. The number of para-hydroxylation sites is 1. The molecule has 0 spiro atoms. The summed E-state index contributed by atoms with van der Waals surface area (Å²) in [4.78, 5) is 28.8. The number of piperazine rings is 1. The molecule has 0 aliphatic carbocycles. The summed E-state index contributed by atoms with van der Waals surface area (Å²) < 4.78 is 11.2. The van der Waals surface area contributed by atoms with Gasteiger partial charge in [-0.05, 0) is 48.7 Å². The zero-order chi connectivity index (χ0) is 22.8. The van der Waals surface area contributed by atoms with Crippen LogP contribution in [0.25, 0.3) is 0 Å². The molecule has 0 atom stereocenters. The van der Waals surface area contributed by atoms with Crippen molar-refractivity contribution in [3.8, 4) is 11.5 Å². The third-order valence-corrected chi connectivity index (χ3v) is 5.42. The van der Waals surface area contributed by atoms with Gasteiger partial charge in [-0.25, -0.2) is 0 Å². The number of carbonyl (C=O) groups is 2. The fourth-order valence-corrected chi connectivity index (χ4v) is 3.59. The Morgan fingerprint density at radius 3 is 2.22 bits per heavy atom. The molecule has 0 aromatic heterocycles. The van der Waals surface area contributed by atoms with Crippen LogP contribution in [-0.4, -0.2) is 67.6 Å². The number of aryl methyl sites for hydroxylation is 1. The van der Waals surface area contributed by atoms with Gasteiger partial charge in [-0.1, -0.05) is 32.0 Å². The zero-order valence-electron chi connectivity index (χ0n) is 19.0. The summed E-state index contributed by atoms with van der Waals surface area (Å²) in [5.74, 6) is 1.37. The van der Waals surface area contributed by atoms with Gasteiger partial charge in [0.1, 0.15) is 11.5 Å². The van der Waals surface area contributed by atoms with Gasteiger partial charge in [-0.15, -0.1) is 0 Å². The van der Waals surface area contributed by atoms with Crippen molar-refractivity contribution in [3.05, 3.63) is 54.1 Å². The van der Waals surface area contributed by atoms with E-state index in [1.54, 1.807) is 4.90 Å². The van der Waals surface area contributed by atoms with Gasteiger partial charge in [0.2, 0.25) is 5.91 Å². The van der Waals surface area contributed by atoms with Crippen LogP contribution in [0, 0.1) is 0 Å². The summed E-state index contributed by atoms with van der Waals surface area (Å²) in [6.07, 6.45) is 1.83. The number of hydrogen-bond donors (Lipinski definition) is 1. The molecule has 1 N–H and O–H groups in total. The van der Waals surface area contributed by atoms with Crippen molar-refractivity contribution in [2.24, 2.45) is 0 Å². The van der Waals surface area contributed by atoms with E-state index in [2.05, 4.69) is 24.1 Å². The Bertz CT molecular complexity index is 877. The molecule has 172 valence electrons. The second kappa shape index (κ2) is 12.1. The summed E-state index contributed by atoms with van der Waals surface area (Å²) in [6, 6.07) is 15.2. The molecule has 2 aromatic rings. The highest BCUT2D eigenvalue weighted by Crippen LogP contribution is 2.18. The lowest BCUT2D eigenvalue weighted by Gasteiger charge is -2.34. The highest BCUT2D eigenvalue weighted by molar-refractivity contribution is 5.93. The summed E-state index contributed by atoms with van der Waals surface area (Å²) in [5, 5.41) is 3.01. The van der Waals surface area contributed by atoms with E-state index in [9.17, 15) is 9.59 Å². The number of ether oxygens (including phenoxy) is 2. The van der Waals surface area contributed by atoms with Crippen molar-refractivity contribution in [2.45, 2.75) is 26.7 Å². The highest BCUT2D eigenvalue weighted by atomic mass is 16.5. The van der Waals surface area contributed by atoms with E-state index in [-0.39, 0.29) is 18.4 Å². The van der Waals surface area contributed by atoms with Crippen molar-refractivity contribution in [3.63, 3.8) is 0 Å². The average Bonchev–Trinajstić information content (AvgIpc) is 2.82. The van der Waals surface area contributed by atoms with Crippen LogP contribution in [0.5, 0.6) is 11.5 Å². The first-order valence-corrected chi connectivity index (χ1v) is 11.3. The van der Waals surface area contributed by atoms with Gasteiger partial charge in [-0.2, -0.15) is 0 Å². The topological polar surface area (TPSA) is 71.1 Å². The molecule has 1 aliphatic heterocycles. The highest BCUT2D eigenvalue weighted by Gasteiger charge is 2.23. The monoisotopic (exact) mass is 439 g/mol. The number of amides is 2. The van der Waals surface area contributed by atoms with E-state index < -0.39 is 0 Å². The third-order valence-electron chi connectivity index (χ3n) is 5.42. The molecule has 3 rings (SSSR count). The summed E-state index contributed by atoms with van der Waals surface area (Å²) in [5.41, 5.74) is 2.00. The number of anilines is 1. The molecule has 0 unspecified atom stereocenters. The van der Waals surface area contributed by atoms with Crippen molar-refractivity contribution in [2.75, 3.05) is 51.3 Å². The number of rotatable bonds is 10. The van der Waals surface area contributed by atoms with E-state index in [1.165, 1.54) is 0 Å². The lowest BCUT2D eigenvalue weighted by Crippen LogP contribution is -2.51. The first-order chi connectivity index (χ1) is 15.6. The molecule has 1 heterocycles. The first kappa shape index (κ1) is 23.6. The van der Waals surface area contributed by atoms with Crippen LogP contribution in [0.1, 0.15) is 25.8 Å². The van der Waals surface area contributed by atoms with E-state index >= 15 is 0 Å². The number of benzene rings is 2. The van der Waals surface area contributed by atoms with Crippen LogP contribution < -0.4 is 14.8 Å². The average molecular weight is 440 g/mol. The van der Waals surface area contributed by atoms with Crippen LogP contribution in [-0.2, 0) is 16.0 Å². The second-order valence-electron chi connectivity index (χ2n) is 7.82. The summed E-state index contributed by atoms with van der Waals surface area (Å²) in [7, 11) is 0. The predicted octanol–water partition coefficient (Wildman–Crippen LogP) is 3.20. The maximum absolute atomic E-state index is 12.5. The molecule has 7 heteroatoms. The van der Waals surface area contributed by atoms with E-state index in [0.717, 1.165) is 29.8 Å². The Hall–Kier alpha value is -3.06. The van der Waals surface area contributed by atoms with Gasteiger partial charge in [-0.3, -0.25) is 14.5 Å². The van der Waals surface area contributed by atoms with Crippen LogP contribution in [0.15, 0.2) is 48.5 Å². The zero-order valence-corrected chi connectivity index (χ0v) is 19.0. The SMILES string of the molecule is CCCOc1ccc(OCC(=O)N2CCN(CC(=O)Nc3ccccc3CC)CC2)cc1. The third kappa shape index (κ3) is 6.99. The van der Waals surface area contributed by atoms with Gasteiger partial charge in [0, 0.05) is 31.9 Å². The van der Waals surface area contributed by atoms with Gasteiger partial charge < -0.3 is 19.7 Å². The van der Waals surface area contributed by atoms with E-state index in [4.69, 9.17) is 9.47 Å². The second-order valence-corrected chi connectivity index (χ2v) is 7.82. The lowest BCUT2D eigenvalue weighted by atomic mass is 10.1. The molecule has 2 aromatic carbocycles. The van der Waals surface area contributed by atoms with Gasteiger partial charge >= 0.3 is 0 Å². The van der Waals surface area contributed by atoms with Crippen molar-refractivity contribution in [1.82, 2.24) is 9.80 Å². The van der Waals surface area contributed by atoms with Crippen LogP contribution >= 0.6 is 0 Å². The molecule has 32 heavy (non-hydrogen) atoms. The van der Waals surface area contributed by atoms with Crippen LogP contribution in [0.3, 0.4) is 0 Å². The Morgan fingerprint density at radius 1 is 0.906 bits per heavy atom. The first-order valence-electron chi connectivity index (χ1n) is 11.3. The smallest absolute Gasteiger partial charge is 0.260 e. The van der Waals surface area contributed by atoms with Crippen LogP contribution in [0.4, 0.5) is 5.69 Å². The van der Waals surface area contributed by atoms with E-state index in [0.29, 0.717) is 45.1 Å². The number of carbonyl (C=O) groups excluding carboxylic acids is 2. The Morgan fingerprint density at radius 2 is 1.56 bits per heavy atom. The number of nitrogens with one attached hydrogen (secondary N) is 1. The standard InChI is InChI=1S/C25H33N3O4/c1-3-17-31-21-9-11-22(12-10-21)32-19-25(30)28-15-13-27(14-16-28)18-24(29)26-23-8-6-5-7-20(23)4-2/h5-12H,3-4,13-19H2,1-2H3,(H,26,29). The lowest BCUT2D eigenvalue weighted by molar-refractivity contribution is -0.135. The van der Waals surface area contributed by atoms with Gasteiger partial charge in [0.15, 0.2) is 6.61 Å². The molecule has 2 amide bonds. The van der Waals surface area contributed by atoms with E-state index in [1.807, 2.05) is 48.5 Å². The predicted molar refractivity (Wildman–Crippen MR) is 125 cm³/mol. The molecule has 7 nitrogen and oxygen atoms in total. The maximum atomic E-state index is 12.5. The quantitative estimate of drug-likeness (QED) is 0.616. The fourth-order valence-electron chi connectivity index (χ4n) is 3.59. The van der Waals surface area contributed by atoms with Crippen molar-refractivity contribution in [1.29, 1.82) is 0 Å². The Balaban J connectivity index is 1.38. The molecule has 1 saturated heterocycles. The fraction of sp³-hybridized carbons (Fsp3) is 0.440. The Labute approximate surface area is 190 Å². The molecule has 0 radical (unpaired) electrons. The van der Waals surface area contributed by atoms with Crippen molar-refractivity contribution >= 4 is 17.5 Å². The molecular formula is C25H33N3O4.